The molecule has 4 nitrogen and oxygen atoms in total. The molecule has 0 bridgehead atoms. The van der Waals surface area contributed by atoms with Crippen LogP contribution < -0.4 is 0 Å². The summed E-state index contributed by atoms with van der Waals surface area (Å²) in [7, 11) is 2.15. The van der Waals surface area contributed by atoms with Crippen LogP contribution in [0.1, 0.15) is 15.9 Å². The molecule has 0 amide bonds. The third kappa shape index (κ3) is 3.66. The Kier molecular flexibility index (Phi) is 4.96. The number of likely N-dealkylation sites (N-methyl/N-ethyl adjacent to an activating group) is 1. The van der Waals surface area contributed by atoms with E-state index in [4.69, 9.17) is 0 Å². The van der Waals surface area contributed by atoms with E-state index in [0.717, 1.165) is 32.7 Å². The normalized spacial score (nSPS) is 17.7. The van der Waals surface area contributed by atoms with Crippen molar-refractivity contribution < 1.29 is 7.86 Å². The first-order chi connectivity index (χ1) is 8.69. The summed E-state index contributed by atoms with van der Waals surface area (Å²) in [6, 6.07) is 7.65. The van der Waals surface area contributed by atoms with E-state index in [2.05, 4.69) is 19.9 Å². The SMILES string of the molecule is CN1CCN(Cc2ccc(C(=O)OI)cc2)CC1. The first-order valence-corrected chi connectivity index (χ1v) is 6.90. The molecule has 0 N–H and O–H groups in total. The van der Waals surface area contributed by atoms with Gasteiger partial charge in [0, 0.05) is 32.7 Å². The fourth-order valence-electron chi connectivity index (χ4n) is 2.05. The molecule has 0 unspecified atom stereocenters. The Labute approximate surface area is 122 Å². The predicted molar refractivity (Wildman–Crippen MR) is 78.7 cm³/mol. The average Bonchev–Trinajstić information content (AvgIpc) is 2.41. The van der Waals surface area contributed by atoms with Crippen LogP contribution in [0.15, 0.2) is 24.3 Å². The fourth-order valence-corrected chi connectivity index (χ4v) is 2.31. The standard InChI is InChI=1S/C13H17IN2O2/c1-15-6-8-16(9-7-15)10-11-2-4-12(5-3-11)13(17)18-14/h2-5H,6-10H2,1H3. The Hall–Kier alpha value is -0.660. The number of hydrogen-bond acceptors (Lipinski definition) is 4. The Morgan fingerprint density at radius 3 is 2.39 bits per heavy atom. The number of nitrogens with zero attached hydrogens (tertiary/aromatic N) is 2. The van der Waals surface area contributed by atoms with Crippen LogP contribution in [0.25, 0.3) is 0 Å². The summed E-state index contributed by atoms with van der Waals surface area (Å²) in [5.74, 6) is -0.290. The van der Waals surface area contributed by atoms with Crippen molar-refractivity contribution in [3.8, 4) is 0 Å². The zero-order valence-corrected chi connectivity index (χ0v) is 12.6. The molecular formula is C13H17IN2O2. The zero-order valence-electron chi connectivity index (χ0n) is 10.4. The minimum atomic E-state index is -0.290. The van der Waals surface area contributed by atoms with Gasteiger partial charge in [-0.25, -0.2) is 4.79 Å². The van der Waals surface area contributed by atoms with Crippen LogP contribution in [0.3, 0.4) is 0 Å². The van der Waals surface area contributed by atoms with Crippen molar-refractivity contribution in [3.05, 3.63) is 35.4 Å². The summed E-state index contributed by atoms with van der Waals surface area (Å²) >= 11 is 1.61. The fraction of sp³-hybridized carbons (Fsp3) is 0.462. The second-order valence-electron chi connectivity index (χ2n) is 4.64. The maximum atomic E-state index is 11.3. The molecule has 0 atom stereocenters. The van der Waals surface area contributed by atoms with Crippen molar-refractivity contribution >= 4 is 29.0 Å². The third-order valence-corrected chi connectivity index (χ3v) is 3.66. The van der Waals surface area contributed by atoms with Gasteiger partial charge in [-0.3, -0.25) is 4.90 Å². The number of hydrogen-bond donors (Lipinski definition) is 0. The van der Waals surface area contributed by atoms with Crippen molar-refractivity contribution in [2.24, 2.45) is 0 Å². The first kappa shape index (κ1) is 13.8. The van der Waals surface area contributed by atoms with Crippen molar-refractivity contribution in [2.75, 3.05) is 33.2 Å². The van der Waals surface area contributed by atoms with Crippen LogP contribution in [0, 0.1) is 0 Å². The van der Waals surface area contributed by atoms with E-state index in [1.165, 1.54) is 5.56 Å². The molecule has 0 aromatic heterocycles. The first-order valence-electron chi connectivity index (χ1n) is 6.02. The van der Waals surface area contributed by atoms with Crippen molar-refractivity contribution in [1.82, 2.24) is 9.80 Å². The number of halogens is 1. The lowest BCUT2D eigenvalue weighted by Gasteiger charge is -2.32. The highest BCUT2D eigenvalue weighted by atomic mass is 127. The lowest BCUT2D eigenvalue weighted by molar-refractivity contribution is 0.0800. The summed E-state index contributed by atoms with van der Waals surface area (Å²) in [5.41, 5.74) is 1.84. The molecule has 1 aliphatic rings. The molecular weight excluding hydrogens is 343 g/mol. The predicted octanol–water partition coefficient (Wildman–Crippen LogP) is 1.94. The zero-order chi connectivity index (χ0) is 13.0. The van der Waals surface area contributed by atoms with Crippen molar-refractivity contribution in [3.63, 3.8) is 0 Å². The summed E-state index contributed by atoms with van der Waals surface area (Å²) < 4.78 is 4.65. The topological polar surface area (TPSA) is 32.8 Å². The lowest BCUT2D eigenvalue weighted by Crippen LogP contribution is -2.43. The second kappa shape index (κ2) is 6.49. The van der Waals surface area contributed by atoms with Gasteiger partial charge >= 0.3 is 5.97 Å². The number of piperazine rings is 1. The monoisotopic (exact) mass is 360 g/mol. The lowest BCUT2D eigenvalue weighted by atomic mass is 10.1. The molecule has 0 spiro atoms. The van der Waals surface area contributed by atoms with Crippen LogP contribution in [0.5, 0.6) is 0 Å². The smallest absolute Gasteiger partial charge is 0.347 e. The van der Waals surface area contributed by atoms with E-state index in [9.17, 15) is 4.79 Å². The molecule has 1 aromatic rings. The van der Waals surface area contributed by atoms with Gasteiger partial charge in [0.1, 0.15) is 0 Å². The van der Waals surface area contributed by atoms with Crippen LogP contribution in [-0.2, 0) is 9.61 Å². The van der Waals surface area contributed by atoms with Gasteiger partial charge in [0.25, 0.3) is 0 Å². The Morgan fingerprint density at radius 2 is 1.83 bits per heavy atom. The van der Waals surface area contributed by atoms with Gasteiger partial charge in [-0.15, -0.1) is 0 Å². The Bertz CT molecular complexity index is 400. The molecule has 1 saturated heterocycles. The van der Waals surface area contributed by atoms with Gasteiger partial charge in [0.15, 0.2) is 23.0 Å². The van der Waals surface area contributed by atoms with E-state index >= 15 is 0 Å². The number of carbonyl (C=O) groups excluding carboxylic acids is 1. The van der Waals surface area contributed by atoms with Gasteiger partial charge < -0.3 is 7.97 Å². The molecule has 1 aromatic carbocycles. The maximum absolute atomic E-state index is 11.3. The Balaban J connectivity index is 1.92. The van der Waals surface area contributed by atoms with E-state index in [-0.39, 0.29) is 5.97 Å². The van der Waals surface area contributed by atoms with Gasteiger partial charge in [-0.2, -0.15) is 0 Å². The van der Waals surface area contributed by atoms with Crippen molar-refractivity contribution in [1.29, 1.82) is 0 Å². The average molecular weight is 360 g/mol. The van der Waals surface area contributed by atoms with E-state index in [0.29, 0.717) is 5.56 Å². The molecule has 0 saturated carbocycles. The van der Waals surface area contributed by atoms with Gasteiger partial charge in [0.2, 0.25) is 0 Å². The molecule has 0 radical (unpaired) electrons. The maximum Gasteiger partial charge on any atom is 0.347 e. The molecule has 0 aliphatic carbocycles. The summed E-state index contributed by atoms with van der Waals surface area (Å²) in [4.78, 5) is 16.1. The van der Waals surface area contributed by atoms with E-state index in [1.807, 2.05) is 24.3 Å². The highest BCUT2D eigenvalue weighted by molar-refractivity contribution is 14.1. The summed E-state index contributed by atoms with van der Waals surface area (Å²) in [5, 5.41) is 0. The van der Waals surface area contributed by atoms with Gasteiger partial charge in [-0.1, -0.05) is 12.1 Å². The van der Waals surface area contributed by atoms with Gasteiger partial charge in [-0.05, 0) is 24.7 Å². The molecule has 1 fully saturated rings. The van der Waals surface area contributed by atoms with Crippen molar-refractivity contribution in [2.45, 2.75) is 6.54 Å². The van der Waals surface area contributed by atoms with Crippen LogP contribution in [-0.4, -0.2) is 49.0 Å². The minimum Gasteiger partial charge on any atom is -0.391 e. The highest BCUT2D eigenvalue weighted by Gasteiger charge is 2.14. The van der Waals surface area contributed by atoms with Crippen LogP contribution >= 0.6 is 23.0 Å². The number of benzene rings is 1. The quantitative estimate of drug-likeness (QED) is 0.772. The molecule has 18 heavy (non-hydrogen) atoms. The third-order valence-electron chi connectivity index (χ3n) is 3.26. The highest BCUT2D eigenvalue weighted by Crippen LogP contribution is 2.11. The Morgan fingerprint density at radius 1 is 1.22 bits per heavy atom. The van der Waals surface area contributed by atoms with Crippen LogP contribution in [0.4, 0.5) is 0 Å². The van der Waals surface area contributed by atoms with E-state index in [1.54, 1.807) is 23.0 Å². The number of rotatable bonds is 3. The van der Waals surface area contributed by atoms with Gasteiger partial charge in [0.05, 0.1) is 5.56 Å². The largest absolute Gasteiger partial charge is 0.391 e. The molecule has 98 valence electrons. The molecule has 5 heteroatoms. The number of carbonyl (C=O) groups is 1. The van der Waals surface area contributed by atoms with E-state index < -0.39 is 0 Å². The second-order valence-corrected chi connectivity index (χ2v) is 5.08. The van der Waals surface area contributed by atoms with Crippen LogP contribution in [0.2, 0.25) is 0 Å². The molecule has 1 aliphatic heterocycles. The minimum absolute atomic E-state index is 0.290. The molecule has 2 rings (SSSR count). The summed E-state index contributed by atoms with van der Waals surface area (Å²) in [6.07, 6.45) is 0. The molecule has 1 heterocycles. The summed E-state index contributed by atoms with van der Waals surface area (Å²) in [6.45, 7) is 5.41.